The van der Waals surface area contributed by atoms with E-state index in [-0.39, 0.29) is 28.9 Å². The number of pyridine rings is 3. The molecule has 12 nitrogen and oxygen atoms in total. The van der Waals surface area contributed by atoms with Gasteiger partial charge in [0.25, 0.3) is 0 Å². The number of carbonyl (C=O) groups is 2. The highest BCUT2D eigenvalue weighted by Gasteiger charge is 2.24. The molecule has 222 valence electrons. The molecule has 4 aromatic heterocycles. The van der Waals surface area contributed by atoms with Gasteiger partial charge in [-0.05, 0) is 6.07 Å². The zero-order valence-electron chi connectivity index (χ0n) is 23.6. The molecule has 1 aliphatic rings. The van der Waals surface area contributed by atoms with E-state index in [1.807, 2.05) is 4.90 Å². The summed E-state index contributed by atoms with van der Waals surface area (Å²) in [5.41, 5.74) is 1.61. The topological polar surface area (TPSA) is 148 Å². The van der Waals surface area contributed by atoms with Gasteiger partial charge >= 0.3 is 5.97 Å². The SMILES string of the molecule is CNc1cc(F)c(F)c2c1[nH]c1ncc(-c3cnc4c(c3)c(=O)c(C(=O)O)cn4CCN3CCNC(=O)C3)c(N(C)C)c12. The van der Waals surface area contributed by atoms with Crippen LogP contribution >= 0.6 is 0 Å². The lowest BCUT2D eigenvalue weighted by Crippen LogP contribution is -2.48. The van der Waals surface area contributed by atoms with Gasteiger partial charge in [0.1, 0.15) is 16.9 Å². The summed E-state index contributed by atoms with van der Waals surface area (Å²) in [5, 5.41) is 15.9. The van der Waals surface area contributed by atoms with Crippen molar-refractivity contribution in [3.05, 3.63) is 58.1 Å². The van der Waals surface area contributed by atoms with Crippen LogP contribution in [0.3, 0.4) is 0 Å². The third kappa shape index (κ3) is 4.69. The fourth-order valence-electron chi connectivity index (χ4n) is 5.69. The number of nitrogens with zero attached hydrogens (tertiary/aromatic N) is 5. The zero-order valence-corrected chi connectivity index (χ0v) is 23.6. The van der Waals surface area contributed by atoms with Crippen LogP contribution < -0.4 is 21.0 Å². The Morgan fingerprint density at radius 1 is 1.14 bits per heavy atom. The summed E-state index contributed by atoms with van der Waals surface area (Å²) >= 11 is 0. The number of carbonyl (C=O) groups excluding carboxylic acids is 1. The van der Waals surface area contributed by atoms with Gasteiger partial charge in [0.15, 0.2) is 11.6 Å². The lowest BCUT2D eigenvalue weighted by molar-refractivity contribution is -0.124. The maximum Gasteiger partial charge on any atom is 0.341 e. The van der Waals surface area contributed by atoms with E-state index in [0.717, 1.165) is 6.07 Å². The summed E-state index contributed by atoms with van der Waals surface area (Å²) in [7, 11) is 5.10. The third-order valence-corrected chi connectivity index (χ3v) is 7.71. The van der Waals surface area contributed by atoms with Crippen LogP contribution in [0.1, 0.15) is 10.4 Å². The smallest absolute Gasteiger partial charge is 0.341 e. The Labute approximate surface area is 242 Å². The molecule has 0 aliphatic carbocycles. The number of carboxylic acid groups (broad SMARTS) is 1. The van der Waals surface area contributed by atoms with Crippen molar-refractivity contribution in [3.63, 3.8) is 0 Å². The molecule has 0 radical (unpaired) electrons. The molecule has 0 bridgehead atoms. The number of amides is 1. The summed E-state index contributed by atoms with van der Waals surface area (Å²) in [6, 6.07) is 2.62. The number of aromatic amines is 1. The molecule has 1 fully saturated rings. The van der Waals surface area contributed by atoms with Crippen LogP contribution in [-0.4, -0.2) is 88.7 Å². The van der Waals surface area contributed by atoms with Crippen LogP contribution in [0.2, 0.25) is 0 Å². The number of aromatic nitrogens is 4. The second-order valence-electron chi connectivity index (χ2n) is 10.6. The number of fused-ring (bicyclic) bond motifs is 4. The highest BCUT2D eigenvalue weighted by atomic mass is 19.2. The Hall–Kier alpha value is -5.11. The van der Waals surface area contributed by atoms with Gasteiger partial charge in [-0.3, -0.25) is 14.5 Å². The average Bonchev–Trinajstić information content (AvgIpc) is 3.37. The molecular formula is C29H28F2N8O4. The van der Waals surface area contributed by atoms with Gasteiger partial charge in [-0.1, -0.05) is 0 Å². The van der Waals surface area contributed by atoms with Crippen molar-refractivity contribution >= 4 is 56.2 Å². The van der Waals surface area contributed by atoms with Crippen molar-refractivity contribution in [2.75, 3.05) is 57.5 Å². The first-order valence-electron chi connectivity index (χ1n) is 13.5. The Balaban J connectivity index is 1.54. The molecule has 0 unspecified atom stereocenters. The summed E-state index contributed by atoms with van der Waals surface area (Å²) in [6.45, 7) is 2.11. The summed E-state index contributed by atoms with van der Waals surface area (Å²) in [4.78, 5) is 53.0. The van der Waals surface area contributed by atoms with Gasteiger partial charge in [0.2, 0.25) is 11.3 Å². The molecule has 4 N–H and O–H groups in total. The summed E-state index contributed by atoms with van der Waals surface area (Å²) in [5.74, 6) is -3.52. The molecule has 1 amide bonds. The van der Waals surface area contributed by atoms with Crippen molar-refractivity contribution in [1.29, 1.82) is 0 Å². The van der Waals surface area contributed by atoms with E-state index in [0.29, 0.717) is 65.2 Å². The fraction of sp³-hybridized carbons (Fsp3) is 0.276. The lowest BCUT2D eigenvalue weighted by Gasteiger charge is -2.27. The number of anilines is 2. The normalized spacial score (nSPS) is 14.0. The van der Waals surface area contributed by atoms with E-state index >= 15 is 4.39 Å². The first kappa shape index (κ1) is 28.0. The number of hydrogen-bond donors (Lipinski definition) is 4. The summed E-state index contributed by atoms with van der Waals surface area (Å²) in [6.07, 6.45) is 4.35. The molecule has 43 heavy (non-hydrogen) atoms. The molecule has 0 saturated carbocycles. The van der Waals surface area contributed by atoms with Crippen LogP contribution in [0, 0.1) is 11.6 Å². The average molecular weight is 591 g/mol. The number of piperazine rings is 1. The van der Waals surface area contributed by atoms with Crippen LogP contribution in [0.5, 0.6) is 0 Å². The van der Waals surface area contributed by atoms with E-state index < -0.39 is 28.6 Å². The monoisotopic (exact) mass is 590 g/mol. The molecule has 1 aromatic carbocycles. The van der Waals surface area contributed by atoms with Gasteiger partial charge in [0.05, 0.1) is 39.6 Å². The van der Waals surface area contributed by atoms with Crippen molar-refractivity contribution in [1.82, 2.24) is 29.7 Å². The number of aromatic carboxylic acids is 1. The van der Waals surface area contributed by atoms with Gasteiger partial charge < -0.3 is 30.2 Å². The Bertz CT molecular complexity index is 2020. The number of nitrogens with one attached hydrogen (secondary N) is 3. The van der Waals surface area contributed by atoms with Crippen molar-refractivity contribution < 1.29 is 23.5 Å². The number of benzene rings is 1. The second kappa shape index (κ2) is 10.6. The van der Waals surface area contributed by atoms with Crippen LogP contribution in [-0.2, 0) is 11.3 Å². The van der Waals surface area contributed by atoms with Crippen molar-refractivity contribution in [2.24, 2.45) is 0 Å². The first-order chi connectivity index (χ1) is 20.6. The predicted molar refractivity (Wildman–Crippen MR) is 159 cm³/mol. The van der Waals surface area contributed by atoms with Crippen LogP contribution in [0.25, 0.3) is 44.1 Å². The van der Waals surface area contributed by atoms with E-state index in [4.69, 9.17) is 0 Å². The molecule has 5 aromatic rings. The van der Waals surface area contributed by atoms with E-state index in [1.54, 1.807) is 42.9 Å². The highest BCUT2D eigenvalue weighted by Crippen LogP contribution is 2.42. The predicted octanol–water partition coefficient (Wildman–Crippen LogP) is 2.61. The Morgan fingerprint density at radius 3 is 2.63 bits per heavy atom. The zero-order chi connectivity index (χ0) is 30.6. The number of halogens is 2. The number of H-pyrrole nitrogens is 1. The fourth-order valence-corrected chi connectivity index (χ4v) is 5.69. The van der Waals surface area contributed by atoms with E-state index in [1.165, 1.54) is 12.4 Å². The molecule has 0 spiro atoms. The molecule has 1 saturated heterocycles. The molecule has 14 heteroatoms. The first-order valence-corrected chi connectivity index (χ1v) is 13.5. The standard InChI is InChI=1S/C29H28F2N8O4/c1-32-19-9-18(30)23(31)21-22-25(37(2)3)16(11-34-27(22)36-24(19)21)14-8-15-26(41)17(29(42)43)12-39(28(15)35-10-14)7-6-38-5-4-33-20(40)13-38/h8-12,32H,4-7,13H2,1-3H3,(H,33,40)(H,34,36)(H,42,43). The minimum absolute atomic E-state index is 0.0214. The highest BCUT2D eigenvalue weighted by molar-refractivity contribution is 6.18. The third-order valence-electron chi connectivity index (χ3n) is 7.71. The molecular weight excluding hydrogens is 562 g/mol. The van der Waals surface area contributed by atoms with Gasteiger partial charge in [-0.2, -0.15) is 0 Å². The van der Waals surface area contributed by atoms with E-state index in [2.05, 4.69) is 25.6 Å². The lowest BCUT2D eigenvalue weighted by atomic mass is 10.0. The minimum atomic E-state index is -1.38. The van der Waals surface area contributed by atoms with Gasteiger partial charge in [-0.15, -0.1) is 0 Å². The number of hydrogen-bond acceptors (Lipinski definition) is 8. The maximum atomic E-state index is 15.3. The number of rotatable bonds is 7. The van der Waals surface area contributed by atoms with Gasteiger partial charge in [0, 0.05) is 83.1 Å². The second-order valence-corrected chi connectivity index (χ2v) is 10.6. The molecule has 0 atom stereocenters. The van der Waals surface area contributed by atoms with Crippen LogP contribution in [0.15, 0.2) is 35.5 Å². The number of carboxylic acids is 1. The molecule has 6 rings (SSSR count). The van der Waals surface area contributed by atoms with Gasteiger partial charge in [-0.25, -0.2) is 23.5 Å². The molecule has 1 aliphatic heterocycles. The van der Waals surface area contributed by atoms with Crippen molar-refractivity contribution in [3.8, 4) is 11.1 Å². The maximum absolute atomic E-state index is 15.3. The Kier molecular flexibility index (Phi) is 6.92. The quantitative estimate of drug-likeness (QED) is 0.225. The summed E-state index contributed by atoms with van der Waals surface area (Å²) < 4.78 is 31.5. The Morgan fingerprint density at radius 2 is 1.93 bits per heavy atom. The minimum Gasteiger partial charge on any atom is -0.477 e. The van der Waals surface area contributed by atoms with Crippen LogP contribution in [0.4, 0.5) is 20.2 Å². The van der Waals surface area contributed by atoms with E-state index in [9.17, 15) is 23.9 Å². The van der Waals surface area contributed by atoms with Crippen molar-refractivity contribution in [2.45, 2.75) is 6.54 Å². The molecule has 5 heterocycles. The largest absolute Gasteiger partial charge is 0.477 e.